The maximum absolute atomic E-state index is 10.8. The fourth-order valence-corrected chi connectivity index (χ4v) is 2.33. The van der Waals surface area contributed by atoms with Gasteiger partial charge >= 0.3 is 5.97 Å². The molecule has 2 nitrogen and oxygen atoms in total. The van der Waals surface area contributed by atoms with Crippen molar-refractivity contribution in [1.82, 2.24) is 0 Å². The Morgan fingerprint density at radius 3 is 2.81 bits per heavy atom. The summed E-state index contributed by atoms with van der Waals surface area (Å²) in [5, 5.41) is 8.88. The second-order valence-electron chi connectivity index (χ2n) is 4.25. The molecule has 1 unspecified atom stereocenters. The van der Waals surface area contributed by atoms with E-state index in [2.05, 4.69) is 18.2 Å². The Labute approximate surface area is 95.6 Å². The lowest BCUT2D eigenvalue weighted by Crippen LogP contribution is -2.08. The van der Waals surface area contributed by atoms with Gasteiger partial charge in [-0.25, -0.2) is 0 Å². The molecular weight excluding hydrogens is 200 g/mol. The molecule has 0 saturated heterocycles. The molecule has 1 atom stereocenters. The van der Waals surface area contributed by atoms with Crippen LogP contribution in [0.2, 0.25) is 0 Å². The van der Waals surface area contributed by atoms with Gasteiger partial charge in [-0.15, -0.1) is 0 Å². The van der Waals surface area contributed by atoms with Gasteiger partial charge in [-0.05, 0) is 36.3 Å². The van der Waals surface area contributed by atoms with E-state index >= 15 is 0 Å². The summed E-state index contributed by atoms with van der Waals surface area (Å²) in [4.78, 5) is 10.8. The van der Waals surface area contributed by atoms with E-state index in [-0.39, 0.29) is 6.42 Å². The number of carbonyl (C=O) groups is 1. The molecule has 0 saturated carbocycles. The van der Waals surface area contributed by atoms with Gasteiger partial charge in [-0.2, -0.15) is 0 Å². The molecule has 84 valence electrons. The summed E-state index contributed by atoms with van der Waals surface area (Å²) in [6.45, 7) is 0. The van der Waals surface area contributed by atoms with E-state index in [4.69, 9.17) is 5.11 Å². The summed E-state index contributed by atoms with van der Waals surface area (Å²) < 4.78 is 0. The van der Waals surface area contributed by atoms with Crippen LogP contribution in [-0.2, 0) is 11.2 Å². The summed E-state index contributed by atoms with van der Waals surface area (Å²) in [5.41, 5.74) is 2.18. The van der Waals surface area contributed by atoms with Crippen LogP contribution in [0.1, 0.15) is 36.3 Å². The molecule has 0 heterocycles. The number of benzene rings is 1. The summed E-state index contributed by atoms with van der Waals surface area (Å²) in [6.07, 6.45) is 7.81. The van der Waals surface area contributed by atoms with Crippen molar-refractivity contribution in [3.05, 3.63) is 47.5 Å². The van der Waals surface area contributed by atoms with Gasteiger partial charge in [0.25, 0.3) is 0 Å². The Morgan fingerprint density at radius 1 is 1.31 bits per heavy atom. The first-order valence-corrected chi connectivity index (χ1v) is 5.72. The van der Waals surface area contributed by atoms with Gasteiger partial charge in [0.15, 0.2) is 0 Å². The number of hydrogen-bond donors (Lipinski definition) is 1. The minimum atomic E-state index is -0.751. The SMILES string of the molecule is O=C(O)Cc1ccccc1C1CC=CCC1. The monoisotopic (exact) mass is 216 g/mol. The number of rotatable bonds is 3. The molecule has 0 amide bonds. The lowest BCUT2D eigenvalue weighted by atomic mass is 9.84. The third-order valence-electron chi connectivity index (χ3n) is 3.11. The lowest BCUT2D eigenvalue weighted by molar-refractivity contribution is -0.136. The number of allylic oxidation sites excluding steroid dienone is 2. The molecule has 1 N–H and O–H groups in total. The minimum Gasteiger partial charge on any atom is -0.481 e. The van der Waals surface area contributed by atoms with Crippen LogP contribution in [0.4, 0.5) is 0 Å². The Balaban J connectivity index is 2.24. The Bertz CT molecular complexity index is 407. The quantitative estimate of drug-likeness (QED) is 0.788. The van der Waals surface area contributed by atoms with Crippen LogP contribution in [0.5, 0.6) is 0 Å². The van der Waals surface area contributed by atoms with E-state index in [1.165, 1.54) is 5.56 Å². The van der Waals surface area contributed by atoms with Gasteiger partial charge in [0.1, 0.15) is 0 Å². The highest BCUT2D eigenvalue weighted by Gasteiger charge is 2.16. The zero-order valence-corrected chi connectivity index (χ0v) is 9.23. The van der Waals surface area contributed by atoms with Crippen LogP contribution >= 0.6 is 0 Å². The average molecular weight is 216 g/mol. The van der Waals surface area contributed by atoms with Crippen molar-refractivity contribution in [3.8, 4) is 0 Å². The summed E-state index contributed by atoms with van der Waals surface area (Å²) >= 11 is 0. The summed E-state index contributed by atoms with van der Waals surface area (Å²) in [6, 6.07) is 7.92. The molecule has 16 heavy (non-hydrogen) atoms. The molecule has 0 radical (unpaired) electrons. The predicted octanol–water partition coefficient (Wildman–Crippen LogP) is 3.14. The normalized spacial score (nSPS) is 19.6. The maximum Gasteiger partial charge on any atom is 0.307 e. The van der Waals surface area contributed by atoms with Crippen LogP contribution in [0.25, 0.3) is 0 Å². The smallest absolute Gasteiger partial charge is 0.307 e. The first-order valence-electron chi connectivity index (χ1n) is 5.72. The van der Waals surface area contributed by atoms with Crippen molar-refractivity contribution in [2.45, 2.75) is 31.6 Å². The van der Waals surface area contributed by atoms with Gasteiger partial charge in [-0.1, -0.05) is 36.4 Å². The Hall–Kier alpha value is -1.57. The molecule has 0 aromatic heterocycles. The van der Waals surface area contributed by atoms with Crippen LogP contribution in [0.3, 0.4) is 0 Å². The molecule has 2 rings (SSSR count). The van der Waals surface area contributed by atoms with Gasteiger partial charge < -0.3 is 5.11 Å². The Kier molecular flexibility index (Phi) is 3.40. The molecule has 0 bridgehead atoms. The molecule has 1 aliphatic rings. The van der Waals surface area contributed by atoms with Gasteiger partial charge in [0.2, 0.25) is 0 Å². The first kappa shape index (κ1) is 10.9. The zero-order valence-electron chi connectivity index (χ0n) is 9.23. The molecule has 1 aromatic carbocycles. The number of hydrogen-bond acceptors (Lipinski definition) is 1. The van der Waals surface area contributed by atoms with Gasteiger partial charge in [0.05, 0.1) is 6.42 Å². The van der Waals surface area contributed by atoms with E-state index in [9.17, 15) is 4.79 Å². The second kappa shape index (κ2) is 4.97. The average Bonchev–Trinajstić information content (AvgIpc) is 2.30. The summed E-state index contributed by atoms with van der Waals surface area (Å²) in [7, 11) is 0. The molecular formula is C14H16O2. The van der Waals surface area contributed by atoms with E-state index in [1.54, 1.807) is 0 Å². The van der Waals surface area contributed by atoms with Crippen LogP contribution in [-0.4, -0.2) is 11.1 Å². The molecule has 0 fully saturated rings. The fraction of sp³-hybridized carbons (Fsp3) is 0.357. The highest BCUT2D eigenvalue weighted by molar-refractivity contribution is 5.70. The van der Waals surface area contributed by atoms with Crippen molar-refractivity contribution in [1.29, 1.82) is 0 Å². The Morgan fingerprint density at radius 2 is 2.12 bits per heavy atom. The number of carboxylic acid groups (broad SMARTS) is 1. The highest BCUT2D eigenvalue weighted by Crippen LogP contribution is 2.31. The van der Waals surface area contributed by atoms with Crippen molar-refractivity contribution in [2.24, 2.45) is 0 Å². The van der Waals surface area contributed by atoms with Crippen molar-refractivity contribution < 1.29 is 9.90 Å². The standard InChI is InChI=1S/C14H16O2/c15-14(16)10-12-8-4-5-9-13(12)11-6-2-1-3-7-11/h1-2,4-5,8-9,11H,3,6-7,10H2,(H,15,16). The summed E-state index contributed by atoms with van der Waals surface area (Å²) in [5.74, 6) is -0.251. The van der Waals surface area contributed by atoms with Crippen molar-refractivity contribution in [3.63, 3.8) is 0 Å². The van der Waals surface area contributed by atoms with Crippen LogP contribution in [0, 0.1) is 0 Å². The first-order chi connectivity index (χ1) is 7.77. The third-order valence-corrected chi connectivity index (χ3v) is 3.11. The largest absolute Gasteiger partial charge is 0.481 e. The predicted molar refractivity (Wildman–Crippen MR) is 63.5 cm³/mol. The highest BCUT2D eigenvalue weighted by atomic mass is 16.4. The lowest BCUT2D eigenvalue weighted by Gasteiger charge is -2.20. The topological polar surface area (TPSA) is 37.3 Å². The molecule has 2 heteroatoms. The van der Waals surface area contributed by atoms with Crippen molar-refractivity contribution in [2.75, 3.05) is 0 Å². The maximum atomic E-state index is 10.8. The van der Waals surface area contributed by atoms with E-state index in [1.807, 2.05) is 18.2 Å². The van der Waals surface area contributed by atoms with Crippen LogP contribution in [0.15, 0.2) is 36.4 Å². The molecule has 0 spiro atoms. The van der Waals surface area contributed by atoms with Crippen LogP contribution < -0.4 is 0 Å². The van der Waals surface area contributed by atoms with Gasteiger partial charge in [-0.3, -0.25) is 4.79 Å². The molecule has 0 aliphatic heterocycles. The minimum absolute atomic E-state index is 0.135. The number of aliphatic carboxylic acids is 1. The third kappa shape index (κ3) is 2.51. The molecule has 1 aromatic rings. The molecule has 1 aliphatic carbocycles. The second-order valence-corrected chi connectivity index (χ2v) is 4.25. The van der Waals surface area contributed by atoms with E-state index in [0.29, 0.717) is 5.92 Å². The zero-order chi connectivity index (χ0) is 11.4. The van der Waals surface area contributed by atoms with Crippen molar-refractivity contribution >= 4 is 5.97 Å². The fourth-order valence-electron chi connectivity index (χ4n) is 2.33. The van der Waals surface area contributed by atoms with E-state index < -0.39 is 5.97 Å². The van der Waals surface area contributed by atoms with E-state index in [0.717, 1.165) is 24.8 Å². The van der Waals surface area contributed by atoms with Gasteiger partial charge in [0, 0.05) is 0 Å². The number of carboxylic acids is 1.